The first-order valence-corrected chi connectivity index (χ1v) is 9.28. The fraction of sp³-hybridized carbons (Fsp3) is 0.450. The molecule has 28 heavy (non-hydrogen) atoms. The van der Waals surface area contributed by atoms with E-state index in [2.05, 4.69) is 4.98 Å². The summed E-state index contributed by atoms with van der Waals surface area (Å²) in [4.78, 5) is 31.9. The van der Waals surface area contributed by atoms with Gasteiger partial charge in [0.15, 0.2) is 0 Å². The first-order chi connectivity index (χ1) is 13.4. The van der Waals surface area contributed by atoms with Crippen LogP contribution >= 0.6 is 0 Å². The van der Waals surface area contributed by atoms with E-state index in [0.717, 1.165) is 17.2 Å². The van der Waals surface area contributed by atoms with Crippen LogP contribution < -0.4 is 0 Å². The summed E-state index contributed by atoms with van der Waals surface area (Å²) in [7, 11) is 1.73. The van der Waals surface area contributed by atoms with Gasteiger partial charge >= 0.3 is 5.97 Å². The van der Waals surface area contributed by atoms with E-state index in [1.165, 1.54) is 0 Å². The minimum Gasteiger partial charge on any atom is -0.480 e. The second-order valence-corrected chi connectivity index (χ2v) is 7.14. The van der Waals surface area contributed by atoms with E-state index in [1.54, 1.807) is 23.0 Å². The second-order valence-electron chi connectivity index (χ2n) is 7.14. The molecule has 1 atom stereocenters. The van der Waals surface area contributed by atoms with Gasteiger partial charge in [-0.05, 0) is 39.1 Å². The number of rotatable bonds is 6. The number of pyridine rings is 1. The largest absolute Gasteiger partial charge is 0.480 e. The molecule has 0 radical (unpaired) electrons. The molecule has 1 N–H and O–H groups in total. The lowest BCUT2D eigenvalue weighted by atomic mass is 10.2. The molecule has 1 amide bonds. The molecule has 0 aliphatic carbocycles. The molecule has 0 spiro atoms. The van der Waals surface area contributed by atoms with Crippen LogP contribution in [0.3, 0.4) is 0 Å². The van der Waals surface area contributed by atoms with Crippen LogP contribution in [0.15, 0.2) is 30.5 Å². The topological polar surface area (TPSA) is 87.9 Å². The number of aromatic nitrogens is 2. The highest BCUT2D eigenvalue weighted by Gasteiger charge is 2.28. The summed E-state index contributed by atoms with van der Waals surface area (Å²) in [5.41, 5.74) is 2.46. The van der Waals surface area contributed by atoms with Crippen LogP contribution in [0.25, 0.3) is 5.82 Å². The van der Waals surface area contributed by atoms with Crippen LogP contribution in [0.4, 0.5) is 0 Å². The fourth-order valence-electron chi connectivity index (χ4n) is 3.65. The standard InChI is InChI=1S/C20H26N4O4/c1-14-10-17(15(2)24(14)18-6-4-5-7-21-18)20(27)23-8-9-28-16(12-23)11-22(3)13-19(25)26/h4-7,10,16H,8-9,11-13H2,1-3H3,(H,25,26). The van der Waals surface area contributed by atoms with Gasteiger partial charge in [0.2, 0.25) is 0 Å². The number of morpholine rings is 1. The van der Waals surface area contributed by atoms with Crippen molar-refractivity contribution in [1.82, 2.24) is 19.4 Å². The number of carboxylic acids is 1. The number of carbonyl (C=O) groups is 2. The molecule has 0 aromatic carbocycles. The molecule has 8 heteroatoms. The first kappa shape index (κ1) is 20.0. The highest BCUT2D eigenvalue weighted by molar-refractivity contribution is 5.96. The zero-order chi connectivity index (χ0) is 20.3. The summed E-state index contributed by atoms with van der Waals surface area (Å²) in [6, 6.07) is 7.59. The average Bonchev–Trinajstić information content (AvgIpc) is 2.95. The molecule has 2 aromatic heterocycles. The Bertz CT molecular complexity index is 849. The molecule has 3 heterocycles. The summed E-state index contributed by atoms with van der Waals surface area (Å²) in [6.07, 6.45) is 1.52. The van der Waals surface area contributed by atoms with Crippen LogP contribution in [0.1, 0.15) is 21.7 Å². The minimum absolute atomic E-state index is 0.0375. The van der Waals surface area contributed by atoms with Crippen molar-refractivity contribution in [3.63, 3.8) is 0 Å². The molecule has 1 fully saturated rings. The van der Waals surface area contributed by atoms with Crippen LogP contribution in [0.5, 0.6) is 0 Å². The lowest BCUT2D eigenvalue weighted by molar-refractivity contribution is -0.138. The van der Waals surface area contributed by atoms with Crippen LogP contribution in [0, 0.1) is 13.8 Å². The summed E-state index contributed by atoms with van der Waals surface area (Å²) >= 11 is 0. The number of hydrogen-bond acceptors (Lipinski definition) is 5. The van der Waals surface area contributed by atoms with Gasteiger partial charge in [-0.15, -0.1) is 0 Å². The Balaban J connectivity index is 1.74. The number of aliphatic carboxylic acids is 1. The fourth-order valence-corrected chi connectivity index (χ4v) is 3.65. The molecule has 1 aliphatic heterocycles. The maximum atomic E-state index is 13.2. The number of amides is 1. The van der Waals surface area contributed by atoms with E-state index >= 15 is 0 Å². The molecular formula is C20H26N4O4. The molecular weight excluding hydrogens is 360 g/mol. The highest BCUT2D eigenvalue weighted by Crippen LogP contribution is 2.22. The lowest BCUT2D eigenvalue weighted by Gasteiger charge is -2.34. The van der Waals surface area contributed by atoms with Crippen LogP contribution in [-0.2, 0) is 9.53 Å². The monoisotopic (exact) mass is 386 g/mol. The number of aryl methyl sites for hydroxylation is 1. The molecule has 8 nitrogen and oxygen atoms in total. The predicted octanol–water partition coefficient (Wildman–Crippen LogP) is 1.35. The average molecular weight is 386 g/mol. The number of ether oxygens (including phenoxy) is 1. The number of carboxylic acid groups (broad SMARTS) is 1. The maximum Gasteiger partial charge on any atom is 0.317 e. The molecule has 0 bridgehead atoms. The third kappa shape index (κ3) is 4.40. The van der Waals surface area contributed by atoms with Crippen LogP contribution in [-0.4, -0.2) is 82.3 Å². The van der Waals surface area contributed by atoms with Gasteiger partial charge in [-0.3, -0.25) is 14.5 Å². The highest BCUT2D eigenvalue weighted by atomic mass is 16.5. The molecule has 1 saturated heterocycles. The zero-order valence-corrected chi connectivity index (χ0v) is 16.5. The lowest BCUT2D eigenvalue weighted by Crippen LogP contribution is -2.49. The Labute approximate surface area is 164 Å². The van der Waals surface area contributed by atoms with Crippen LogP contribution in [0.2, 0.25) is 0 Å². The van der Waals surface area contributed by atoms with Gasteiger partial charge < -0.3 is 19.3 Å². The van der Waals surface area contributed by atoms with E-state index in [1.807, 2.05) is 42.7 Å². The van der Waals surface area contributed by atoms with Crippen molar-refractivity contribution in [2.75, 3.05) is 39.8 Å². The molecule has 150 valence electrons. The Hall–Kier alpha value is -2.71. The van der Waals surface area contributed by atoms with E-state index in [4.69, 9.17) is 9.84 Å². The van der Waals surface area contributed by atoms with Gasteiger partial charge in [-0.2, -0.15) is 0 Å². The van der Waals surface area contributed by atoms with Gasteiger partial charge in [-0.1, -0.05) is 6.07 Å². The second kappa shape index (κ2) is 8.53. The van der Waals surface area contributed by atoms with E-state index in [9.17, 15) is 9.59 Å². The van der Waals surface area contributed by atoms with E-state index < -0.39 is 5.97 Å². The van der Waals surface area contributed by atoms with Crippen molar-refractivity contribution < 1.29 is 19.4 Å². The molecule has 3 rings (SSSR count). The molecule has 2 aromatic rings. The van der Waals surface area contributed by atoms with Crippen molar-refractivity contribution >= 4 is 11.9 Å². The van der Waals surface area contributed by atoms with Gasteiger partial charge in [-0.25, -0.2) is 4.98 Å². The molecule has 1 aliphatic rings. The van der Waals surface area contributed by atoms with Crippen molar-refractivity contribution in [3.8, 4) is 5.82 Å². The SMILES string of the molecule is Cc1cc(C(=O)N2CCOC(CN(C)CC(=O)O)C2)c(C)n1-c1ccccn1. The Morgan fingerprint density at radius 1 is 1.36 bits per heavy atom. The zero-order valence-electron chi connectivity index (χ0n) is 16.5. The van der Waals surface area contributed by atoms with Crippen molar-refractivity contribution in [3.05, 3.63) is 47.4 Å². The summed E-state index contributed by atoms with van der Waals surface area (Å²) < 4.78 is 7.71. The van der Waals surface area contributed by atoms with Gasteiger partial charge in [0.1, 0.15) is 5.82 Å². The van der Waals surface area contributed by atoms with E-state index in [-0.39, 0.29) is 18.6 Å². The maximum absolute atomic E-state index is 13.2. The number of nitrogens with zero attached hydrogens (tertiary/aromatic N) is 4. The smallest absolute Gasteiger partial charge is 0.317 e. The number of carbonyl (C=O) groups excluding carboxylic acids is 1. The summed E-state index contributed by atoms with van der Waals surface area (Å²) in [6.45, 7) is 5.69. The molecule has 0 saturated carbocycles. The first-order valence-electron chi connectivity index (χ1n) is 9.28. The minimum atomic E-state index is -0.881. The van der Waals surface area contributed by atoms with Crippen molar-refractivity contribution in [2.24, 2.45) is 0 Å². The molecule has 1 unspecified atom stereocenters. The summed E-state index contributed by atoms with van der Waals surface area (Å²) in [5, 5.41) is 8.90. The third-order valence-electron chi connectivity index (χ3n) is 4.89. The van der Waals surface area contributed by atoms with Gasteiger partial charge in [0, 0.05) is 37.2 Å². The van der Waals surface area contributed by atoms with Gasteiger partial charge in [0.05, 0.1) is 24.8 Å². The Morgan fingerprint density at radius 2 is 2.14 bits per heavy atom. The quantitative estimate of drug-likeness (QED) is 0.806. The van der Waals surface area contributed by atoms with Gasteiger partial charge in [0.25, 0.3) is 5.91 Å². The van der Waals surface area contributed by atoms with Crippen molar-refractivity contribution in [2.45, 2.75) is 20.0 Å². The third-order valence-corrected chi connectivity index (χ3v) is 4.89. The Morgan fingerprint density at radius 3 is 2.82 bits per heavy atom. The van der Waals surface area contributed by atoms with Crippen molar-refractivity contribution in [1.29, 1.82) is 0 Å². The normalized spacial score (nSPS) is 17.1. The van der Waals surface area contributed by atoms with E-state index in [0.29, 0.717) is 31.8 Å². The number of likely N-dealkylation sites (N-methyl/N-ethyl adjacent to an activating group) is 1. The Kier molecular flexibility index (Phi) is 6.11. The predicted molar refractivity (Wildman–Crippen MR) is 104 cm³/mol. The summed E-state index contributed by atoms with van der Waals surface area (Å²) in [5.74, 6) is -0.135. The number of hydrogen-bond donors (Lipinski definition) is 1.